The smallest absolute Gasteiger partial charge is 0.337 e. The van der Waals surface area contributed by atoms with E-state index in [2.05, 4.69) is 15.0 Å². The van der Waals surface area contributed by atoms with Gasteiger partial charge in [-0.3, -0.25) is 4.98 Å². The van der Waals surface area contributed by atoms with Gasteiger partial charge in [0.2, 0.25) is 0 Å². The van der Waals surface area contributed by atoms with Gasteiger partial charge >= 0.3 is 5.97 Å². The number of methoxy groups -OCH3 is 1. The molecule has 0 aliphatic heterocycles. The highest BCUT2D eigenvalue weighted by atomic mass is 16.5. The van der Waals surface area contributed by atoms with E-state index < -0.39 is 0 Å². The van der Waals surface area contributed by atoms with Crippen molar-refractivity contribution in [2.75, 3.05) is 13.7 Å². The van der Waals surface area contributed by atoms with E-state index in [-0.39, 0.29) is 5.97 Å². The maximum atomic E-state index is 11.3. The summed E-state index contributed by atoms with van der Waals surface area (Å²) in [4.78, 5) is 15.3. The van der Waals surface area contributed by atoms with Gasteiger partial charge in [-0.1, -0.05) is 12.1 Å². The third-order valence-electron chi connectivity index (χ3n) is 3.04. The molecule has 0 spiro atoms. The lowest BCUT2D eigenvalue weighted by Gasteiger charge is -2.06. The van der Waals surface area contributed by atoms with Crippen molar-refractivity contribution >= 4 is 5.97 Å². The van der Waals surface area contributed by atoms with Crippen LogP contribution in [0.5, 0.6) is 0 Å². The van der Waals surface area contributed by atoms with Crippen LogP contribution >= 0.6 is 0 Å². The summed E-state index contributed by atoms with van der Waals surface area (Å²) in [6, 6.07) is 11.5. The van der Waals surface area contributed by atoms with Crippen molar-refractivity contribution in [3.8, 4) is 0 Å². The van der Waals surface area contributed by atoms with Crippen LogP contribution in [0, 0.1) is 0 Å². The first-order valence-corrected chi connectivity index (χ1v) is 6.56. The van der Waals surface area contributed by atoms with Gasteiger partial charge in [0.15, 0.2) is 0 Å². The minimum atomic E-state index is -0.304. The van der Waals surface area contributed by atoms with Crippen molar-refractivity contribution in [1.29, 1.82) is 0 Å². The summed E-state index contributed by atoms with van der Waals surface area (Å²) in [5, 5.41) is 3.38. The second-order valence-electron chi connectivity index (χ2n) is 4.47. The molecule has 4 heteroatoms. The van der Waals surface area contributed by atoms with Crippen molar-refractivity contribution in [1.82, 2.24) is 10.3 Å². The SMILES string of the molecule is COC(=O)c1ccc(CNCCc2ccncc2)cc1. The van der Waals surface area contributed by atoms with Gasteiger partial charge in [-0.2, -0.15) is 0 Å². The molecular weight excluding hydrogens is 252 g/mol. The van der Waals surface area contributed by atoms with Gasteiger partial charge < -0.3 is 10.1 Å². The molecule has 1 aromatic heterocycles. The van der Waals surface area contributed by atoms with E-state index in [0.717, 1.165) is 25.1 Å². The molecule has 0 aliphatic carbocycles. The zero-order valence-corrected chi connectivity index (χ0v) is 11.5. The minimum Gasteiger partial charge on any atom is -0.465 e. The van der Waals surface area contributed by atoms with Gasteiger partial charge in [-0.25, -0.2) is 4.79 Å². The largest absolute Gasteiger partial charge is 0.465 e. The lowest BCUT2D eigenvalue weighted by Crippen LogP contribution is -2.16. The number of nitrogens with one attached hydrogen (secondary N) is 1. The summed E-state index contributed by atoms with van der Waals surface area (Å²) in [6.45, 7) is 1.69. The van der Waals surface area contributed by atoms with Crippen molar-refractivity contribution in [3.05, 3.63) is 65.5 Å². The van der Waals surface area contributed by atoms with Gasteiger partial charge in [-0.05, 0) is 48.4 Å². The van der Waals surface area contributed by atoms with Gasteiger partial charge in [-0.15, -0.1) is 0 Å². The summed E-state index contributed by atoms with van der Waals surface area (Å²) in [7, 11) is 1.39. The number of hydrogen-bond donors (Lipinski definition) is 1. The van der Waals surface area contributed by atoms with Crippen LogP contribution in [-0.2, 0) is 17.7 Å². The first kappa shape index (κ1) is 14.2. The molecule has 0 radical (unpaired) electrons. The number of rotatable bonds is 6. The Kier molecular flexibility index (Phi) is 5.26. The lowest BCUT2D eigenvalue weighted by atomic mass is 10.1. The van der Waals surface area contributed by atoms with Crippen LogP contribution in [-0.4, -0.2) is 24.6 Å². The maximum absolute atomic E-state index is 11.3. The molecule has 1 aromatic carbocycles. The summed E-state index contributed by atoms with van der Waals surface area (Å²) in [5.41, 5.74) is 2.99. The highest BCUT2D eigenvalue weighted by molar-refractivity contribution is 5.89. The van der Waals surface area contributed by atoms with E-state index in [1.165, 1.54) is 12.7 Å². The fourth-order valence-corrected chi connectivity index (χ4v) is 1.89. The molecule has 0 atom stereocenters. The molecule has 2 aromatic rings. The third kappa shape index (κ3) is 4.17. The van der Waals surface area contributed by atoms with Crippen molar-refractivity contribution in [2.24, 2.45) is 0 Å². The van der Waals surface area contributed by atoms with E-state index in [0.29, 0.717) is 5.56 Å². The van der Waals surface area contributed by atoms with Gasteiger partial charge in [0, 0.05) is 18.9 Å². The third-order valence-corrected chi connectivity index (χ3v) is 3.04. The van der Waals surface area contributed by atoms with Gasteiger partial charge in [0.05, 0.1) is 12.7 Å². The molecule has 0 aliphatic rings. The van der Waals surface area contributed by atoms with Crippen LogP contribution in [0.25, 0.3) is 0 Å². The molecule has 2 rings (SSSR count). The normalized spacial score (nSPS) is 10.2. The topological polar surface area (TPSA) is 51.2 Å². The number of aromatic nitrogens is 1. The van der Waals surface area contributed by atoms with Crippen LogP contribution in [0.3, 0.4) is 0 Å². The summed E-state index contributed by atoms with van der Waals surface area (Å²) in [5.74, 6) is -0.304. The Bertz CT molecular complexity index is 538. The van der Waals surface area contributed by atoms with Crippen LogP contribution in [0.4, 0.5) is 0 Å². The van der Waals surface area contributed by atoms with Crippen LogP contribution in [0.15, 0.2) is 48.8 Å². The van der Waals surface area contributed by atoms with E-state index >= 15 is 0 Å². The number of ether oxygens (including phenoxy) is 1. The van der Waals surface area contributed by atoms with Crippen molar-refractivity contribution < 1.29 is 9.53 Å². The van der Waals surface area contributed by atoms with E-state index in [4.69, 9.17) is 0 Å². The zero-order valence-electron chi connectivity index (χ0n) is 11.5. The number of nitrogens with zero attached hydrogens (tertiary/aromatic N) is 1. The maximum Gasteiger partial charge on any atom is 0.337 e. The molecule has 104 valence electrons. The predicted octanol–water partition coefficient (Wildman–Crippen LogP) is 2.20. The standard InChI is InChI=1S/C16H18N2O2/c1-20-16(19)15-4-2-14(3-5-15)12-18-11-8-13-6-9-17-10-7-13/h2-7,9-10,18H,8,11-12H2,1H3. The Labute approximate surface area is 118 Å². The molecule has 20 heavy (non-hydrogen) atoms. The molecule has 0 amide bonds. The molecule has 0 bridgehead atoms. The average molecular weight is 270 g/mol. The molecule has 1 heterocycles. The Morgan fingerprint density at radius 1 is 1.10 bits per heavy atom. The summed E-state index contributed by atoms with van der Waals surface area (Å²) < 4.78 is 4.66. The fourth-order valence-electron chi connectivity index (χ4n) is 1.89. The second-order valence-corrected chi connectivity index (χ2v) is 4.47. The molecule has 4 nitrogen and oxygen atoms in total. The minimum absolute atomic E-state index is 0.304. The number of pyridine rings is 1. The Balaban J connectivity index is 1.75. The summed E-state index contributed by atoms with van der Waals surface area (Å²) >= 11 is 0. The van der Waals surface area contributed by atoms with Gasteiger partial charge in [0.25, 0.3) is 0 Å². The first-order chi connectivity index (χ1) is 9.79. The van der Waals surface area contributed by atoms with E-state index in [1.807, 2.05) is 24.3 Å². The number of carbonyl (C=O) groups is 1. The second kappa shape index (κ2) is 7.40. The highest BCUT2D eigenvalue weighted by Gasteiger charge is 2.03. The highest BCUT2D eigenvalue weighted by Crippen LogP contribution is 2.05. The Hall–Kier alpha value is -2.20. The Morgan fingerprint density at radius 3 is 2.45 bits per heavy atom. The number of carbonyl (C=O) groups excluding carboxylic acids is 1. The Morgan fingerprint density at radius 2 is 1.80 bits per heavy atom. The first-order valence-electron chi connectivity index (χ1n) is 6.56. The predicted molar refractivity (Wildman–Crippen MR) is 77.4 cm³/mol. The van der Waals surface area contributed by atoms with E-state index in [1.54, 1.807) is 24.5 Å². The van der Waals surface area contributed by atoms with Crippen molar-refractivity contribution in [3.63, 3.8) is 0 Å². The number of benzene rings is 1. The molecule has 0 unspecified atom stereocenters. The van der Waals surface area contributed by atoms with Crippen LogP contribution in [0.1, 0.15) is 21.5 Å². The zero-order chi connectivity index (χ0) is 14.2. The monoisotopic (exact) mass is 270 g/mol. The number of hydrogen-bond acceptors (Lipinski definition) is 4. The average Bonchev–Trinajstić information content (AvgIpc) is 2.52. The lowest BCUT2D eigenvalue weighted by molar-refractivity contribution is 0.0600. The molecule has 0 saturated heterocycles. The van der Waals surface area contributed by atoms with E-state index in [9.17, 15) is 4.79 Å². The van der Waals surface area contributed by atoms with Crippen LogP contribution in [0.2, 0.25) is 0 Å². The molecular formula is C16H18N2O2. The molecule has 0 fully saturated rings. The number of esters is 1. The van der Waals surface area contributed by atoms with Gasteiger partial charge in [0.1, 0.15) is 0 Å². The summed E-state index contributed by atoms with van der Waals surface area (Å²) in [6.07, 6.45) is 4.59. The van der Waals surface area contributed by atoms with Crippen molar-refractivity contribution in [2.45, 2.75) is 13.0 Å². The molecule has 0 saturated carbocycles. The molecule has 1 N–H and O–H groups in total. The quantitative estimate of drug-likeness (QED) is 0.646. The fraction of sp³-hybridized carbons (Fsp3) is 0.250. The van der Waals surface area contributed by atoms with Crippen LogP contribution < -0.4 is 5.32 Å².